The van der Waals surface area contributed by atoms with Crippen LogP contribution in [0.4, 0.5) is 5.69 Å². The van der Waals surface area contributed by atoms with Gasteiger partial charge in [0, 0.05) is 20.1 Å². The van der Waals surface area contributed by atoms with Crippen LogP contribution in [0.25, 0.3) is 0 Å². The molecular formula is C14H25N5O. The summed E-state index contributed by atoms with van der Waals surface area (Å²) in [5.41, 5.74) is 7.72. The molecule has 0 unspecified atom stereocenters. The molecule has 0 radical (unpaired) electrons. The molecule has 2 rings (SSSR count). The second-order valence-electron chi connectivity index (χ2n) is 5.49. The maximum absolute atomic E-state index is 12.3. The third kappa shape index (κ3) is 3.30. The Balaban J connectivity index is 1.92. The van der Waals surface area contributed by atoms with E-state index in [-0.39, 0.29) is 5.91 Å². The second kappa shape index (κ2) is 6.74. The molecular weight excluding hydrogens is 254 g/mol. The lowest BCUT2D eigenvalue weighted by molar-refractivity contribution is 0.0777. The summed E-state index contributed by atoms with van der Waals surface area (Å²) in [6.07, 6.45) is 4.34. The fourth-order valence-electron chi connectivity index (χ4n) is 2.57. The SMILES string of the molecule is CCCc1[nH]nc(C(=O)N(C)CCN2CCCC2)c1N. The summed E-state index contributed by atoms with van der Waals surface area (Å²) in [4.78, 5) is 16.4. The van der Waals surface area contributed by atoms with E-state index in [0.717, 1.165) is 38.2 Å². The molecule has 1 aliphatic rings. The molecule has 0 aromatic carbocycles. The smallest absolute Gasteiger partial charge is 0.276 e. The Bertz CT molecular complexity index is 450. The van der Waals surface area contributed by atoms with Gasteiger partial charge in [-0.15, -0.1) is 0 Å². The molecule has 1 amide bonds. The lowest BCUT2D eigenvalue weighted by Crippen LogP contribution is -2.35. The van der Waals surface area contributed by atoms with Crippen LogP contribution in [-0.2, 0) is 6.42 Å². The van der Waals surface area contributed by atoms with Gasteiger partial charge in [0.05, 0.1) is 11.4 Å². The van der Waals surface area contributed by atoms with Crippen molar-refractivity contribution in [2.45, 2.75) is 32.6 Å². The van der Waals surface area contributed by atoms with E-state index >= 15 is 0 Å². The van der Waals surface area contributed by atoms with Crippen LogP contribution in [0.5, 0.6) is 0 Å². The first-order valence-corrected chi connectivity index (χ1v) is 7.44. The molecule has 0 saturated carbocycles. The van der Waals surface area contributed by atoms with Crippen molar-refractivity contribution in [2.75, 3.05) is 39.0 Å². The molecule has 0 bridgehead atoms. The monoisotopic (exact) mass is 279 g/mol. The number of aromatic amines is 1. The summed E-state index contributed by atoms with van der Waals surface area (Å²) >= 11 is 0. The number of aromatic nitrogens is 2. The molecule has 3 N–H and O–H groups in total. The van der Waals surface area contributed by atoms with Crippen LogP contribution in [0.15, 0.2) is 0 Å². The molecule has 6 heteroatoms. The van der Waals surface area contributed by atoms with Crippen molar-refractivity contribution in [1.29, 1.82) is 0 Å². The quantitative estimate of drug-likeness (QED) is 0.817. The number of hydrogen-bond donors (Lipinski definition) is 2. The number of anilines is 1. The predicted molar refractivity (Wildman–Crippen MR) is 79.6 cm³/mol. The topological polar surface area (TPSA) is 78.2 Å². The van der Waals surface area contributed by atoms with Crippen LogP contribution < -0.4 is 5.73 Å². The van der Waals surface area contributed by atoms with Crippen molar-refractivity contribution in [3.63, 3.8) is 0 Å². The van der Waals surface area contributed by atoms with Crippen molar-refractivity contribution >= 4 is 11.6 Å². The highest BCUT2D eigenvalue weighted by molar-refractivity contribution is 5.97. The summed E-state index contributed by atoms with van der Waals surface area (Å²) in [7, 11) is 1.81. The number of nitrogens with two attached hydrogens (primary N) is 1. The molecule has 1 aromatic rings. The molecule has 20 heavy (non-hydrogen) atoms. The third-order valence-corrected chi connectivity index (χ3v) is 3.88. The summed E-state index contributed by atoms with van der Waals surface area (Å²) in [5, 5.41) is 6.96. The van der Waals surface area contributed by atoms with E-state index in [0.29, 0.717) is 17.9 Å². The molecule has 1 saturated heterocycles. The van der Waals surface area contributed by atoms with Crippen molar-refractivity contribution in [3.05, 3.63) is 11.4 Å². The highest BCUT2D eigenvalue weighted by atomic mass is 16.2. The van der Waals surface area contributed by atoms with E-state index in [1.54, 1.807) is 4.90 Å². The van der Waals surface area contributed by atoms with Gasteiger partial charge in [-0.25, -0.2) is 0 Å². The van der Waals surface area contributed by atoms with E-state index in [2.05, 4.69) is 22.0 Å². The normalized spacial score (nSPS) is 15.7. The minimum Gasteiger partial charge on any atom is -0.395 e. The Morgan fingerprint density at radius 2 is 2.15 bits per heavy atom. The molecule has 1 aliphatic heterocycles. The minimum atomic E-state index is -0.0969. The van der Waals surface area contributed by atoms with E-state index in [1.807, 2.05) is 7.05 Å². The lowest BCUT2D eigenvalue weighted by atomic mass is 10.2. The maximum Gasteiger partial charge on any atom is 0.276 e. The van der Waals surface area contributed by atoms with E-state index in [9.17, 15) is 4.79 Å². The van der Waals surface area contributed by atoms with E-state index in [4.69, 9.17) is 5.73 Å². The van der Waals surface area contributed by atoms with Gasteiger partial charge in [-0.3, -0.25) is 9.89 Å². The third-order valence-electron chi connectivity index (χ3n) is 3.88. The average molecular weight is 279 g/mol. The molecule has 1 aromatic heterocycles. The Hall–Kier alpha value is -1.56. The van der Waals surface area contributed by atoms with Crippen LogP contribution in [0.1, 0.15) is 42.4 Å². The van der Waals surface area contributed by atoms with E-state index in [1.165, 1.54) is 12.8 Å². The van der Waals surface area contributed by atoms with Crippen LogP contribution in [0.2, 0.25) is 0 Å². The van der Waals surface area contributed by atoms with E-state index < -0.39 is 0 Å². The molecule has 0 spiro atoms. The number of aryl methyl sites for hydroxylation is 1. The van der Waals surface area contributed by atoms with Gasteiger partial charge in [0.25, 0.3) is 5.91 Å². The Kier molecular flexibility index (Phi) is 5.00. The van der Waals surface area contributed by atoms with Crippen LogP contribution >= 0.6 is 0 Å². The number of likely N-dealkylation sites (N-methyl/N-ethyl adjacent to an activating group) is 1. The van der Waals surface area contributed by atoms with Crippen molar-refractivity contribution < 1.29 is 4.79 Å². The number of nitrogens with zero attached hydrogens (tertiary/aromatic N) is 3. The number of nitrogens with one attached hydrogen (secondary N) is 1. The van der Waals surface area contributed by atoms with Gasteiger partial charge in [0.15, 0.2) is 5.69 Å². The van der Waals surface area contributed by atoms with Gasteiger partial charge < -0.3 is 15.5 Å². The number of H-pyrrole nitrogens is 1. The molecule has 1 fully saturated rings. The second-order valence-corrected chi connectivity index (χ2v) is 5.49. The van der Waals surface area contributed by atoms with Gasteiger partial charge in [-0.05, 0) is 32.4 Å². The average Bonchev–Trinajstić information content (AvgIpc) is 3.07. The van der Waals surface area contributed by atoms with Gasteiger partial charge >= 0.3 is 0 Å². The molecule has 6 nitrogen and oxygen atoms in total. The van der Waals surface area contributed by atoms with Crippen LogP contribution in [0, 0.1) is 0 Å². The number of hydrogen-bond acceptors (Lipinski definition) is 4. The molecule has 2 heterocycles. The summed E-state index contributed by atoms with van der Waals surface area (Å²) in [6, 6.07) is 0. The lowest BCUT2D eigenvalue weighted by Gasteiger charge is -2.21. The first-order chi connectivity index (χ1) is 9.63. The minimum absolute atomic E-state index is 0.0969. The Morgan fingerprint density at radius 3 is 2.80 bits per heavy atom. The Labute approximate surface area is 120 Å². The van der Waals surface area contributed by atoms with Gasteiger partial charge in [-0.2, -0.15) is 5.10 Å². The van der Waals surface area contributed by atoms with Crippen molar-refractivity contribution in [2.24, 2.45) is 0 Å². The maximum atomic E-state index is 12.3. The van der Waals surface area contributed by atoms with Gasteiger partial charge in [-0.1, -0.05) is 13.3 Å². The zero-order valence-corrected chi connectivity index (χ0v) is 12.5. The van der Waals surface area contributed by atoms with Crippen LogP contribution in [-0.4, -0.2) is 59.1 Å². The fourth-order valence-corrected chi connectivity index (χ4v) is 2.57. The standard InChI is InChI=1S/C14H25N5O/c1-3-6-11-12(15)13(17-16-11)14(20)18(2)9-10-19-7-4-5-8-19/h3-10,15H2,1-2H3,(H,16,17). The highest BCUT2D eigenvalue weighted by Gasteiger charge is 2.21. The summed E-state index contributed by atoms with van der Waals surface area (Å²) in [5.74, 6) is -0.0969. The summed E-state index contributed by atoms with van der Waals surface area (Å²) < 4.78 is 0. The number of amides is 1. The first kappa shape index (κ1) is 14.8. The largest absolute Gasteiger partial charge is 0.395 e. The Morgan fingerprint density at radius 1 is 1.45 bits per heavy atom. The highest BCUT2D eigenvalue weighted by Crippen LogP contribution is 2.17. The molecule has 0 atom stereocenters. The van der Waals surface area contributed by atoms with Crippen molar-refractivity contribution in [3.8, 4) is 0 Å². The molecule has 0 aliphatic carbocycles. The molecule has 112 valence electrons. The van der Waals surface area contributed by atoms with Crippen molar-refractivity contribution in [1.82, 2.24) is 20.0 Å². The predicted octanol–water partition coefficient (Wildman–Crippen LogP) is 1.11. The number of carbonyl (C=O) groups is 1. The van der Waals surface area contributed by atoms with Gasteiger partial charge in [0.1, 0.15) is 0 Å². The zero-order valence-electron chi connectivity index (χ0n) is 12.5. The number of rotatable bonds is 6. The van der Waals surface area contributed by atoms with Gasteiger partial charge in [0.2, 0.25) is 0 Å². The fraction of sp³-hybridized carbons (Fsp3) is 0.714. The summed E-state index contributed by atoms with van der Waals surface area (Å²) in [6.45, 7) is 6.01. The zero-order chi connectivity index (χ0) is 14.5. The number of nitrogen functional groups attached to an aromatic ring is 1. The van der Waals surface area contributed by atoms with Crippen LogP contribution in [0.3, 0.4) is 0 Å². The number of likely N-dealkylation sites (tertiary alicyclic amines) is 1. The first-order valence-electron chi connectivity index (χ1n) is 7.44. The number of carbonyl (C=O) groups excluding carboxylic acids is 1.